The van der Waals surface area contributed by atoms with Crippen molar-refractivity contribution in [2.75, 3.05) is 13.2 Å². The van der Waals surface area contributed by atoms with E-state index in [0.29, 0.717) is 58.5 Å². The number of nitro groups is 1. The quantitative estimate of drug-likeness (QED) is 0.290. The summed E-state index contributed by atoms with van der Waals surface area (Å²) in [5.41, 5.74) is 1.72. The van der Waals surface area contributed by atoms with Gasteiger partial charge in [0.1, 0.15) is 0 Å². The highest BCUT2D eigenvalue weighted by Gasteiger charge is 2.17. The predicted molar refractivity (Wildman–Crippen MR) is 126 cm³/mol. The first-order chi connectivity index (χ1) is 17.0. The van der Waals surface area contributed by atoms with Crippen molar-refractivity contribution in [1.29, 1.82) is 0 Å². The molecule has 11 nitrogen and oxygen atoms in total. The smallest absolute Gasteiger partial charge is 0.274 e. The van der Waals surface area contributed by atoms with E-state index >= 15 is 0 Å². The number of aryl methyl sites for hydroxylation is 1. The second-order valence-electron chi connectivity index (χ2n) is 8.14. The Kier molecular flexibility index (Phi) is 4.69. The van der Waals surface area contributed by atoms with Crippen LogP contribution in [0.25, 0.3) is 33.8 Å². The van der Waals surface area contributed by atoms with Crippen molar-refractivity contribution in [3.63, 3.8) is 0 Å². The SMILES string of the molecule is Cc1ccc(-n2ccc3c(cnc4nc(-c5ccc6c(c5)OCCCO6)nn43)c2=O)cc1[N+](=O)[O-]. The molecule has 1 aliphatic heterocycles. The van der Waals surface area contributed by atoms with E-state index < -0.39 is 4.92 Å². The Morgan fingerprint density at radius 3 is 2.71 bits per heavy atom. The Morgan fingerprint density at radius 1 is 1.06 bits per heavy atom. The Labute approximate surface area is 197 Å². The summed E-state index contributed by atoms with van der Waals surface area (Å²) in [6, 6.07) is 11.9. The van der Waals surface area contributed by atoms with Gasteiger partial charge in [0.15, 0.2) is 17.3 Å². The molecule has 0 spiro atoms. The van der Waals surface area contributed by atoms with E-state index in [2.05, 4.69) is 15.1 Å². The zero-order valence-corrected chi connectivity index (χ0v) is 18.5. The summed E-state index contributed by atoms with van der Waals surface area (Å²) < 4.78 is 14.3. The first kappa shape index (κ1) is 20.8. The molecule has 0 saturated carbocycles. The van der Waals surface area contributed by atoms with Crippen molar-refractivity contribution >= 4 is 22.4 Å². The maximum absolute atomic E-state index is 13.3. The minimum absolute atomic E-state index is 0.0564. The molecule has 1 aliphatic rings. The van der Waals surface area contributed by atoms with Gasteiger partial charge in [-0.25, -0.2) is 4.98 Å². The van der Waals surface area contributed by atoms with Crippen molar-refractivity contribution in [1.82, 2.24) is 24.1 Å². The average molecular weight is 470 g/mol. The summed E-state index contributed by atoms with van der Waals surface area (Å²) in [6.45, 7) is 2.82. The summed E-state index contributed by atoms with van der Waals surface area (Å²) in [5, 5.41) is 16.2. The van der Waals surface area contributed by atoms with Crippen LogP contribution in [-0.2, 0) is 0 Å². The lowest BCUT2D eigenvalue weighted by Gasteiger charge is -2.08. The molecule has 5 aromatic rings. The molecule has 0 saturated heterocycles. The van der Waals surface area contributed by atoms with Gasteiger partial charge in [0.05, 0.1) is 34.7 Å². The standard InChI is InChI=1S/C24H18N6O5/c1-14-3-5-16(12-19(14)30(32)33)28-8-7-18-17(23(28)31)13-25-24-26-22(27-29(18)24)15-4-6-20-21(11-15)35-10-2-9-34-20/h3-8,11-13H,2,9-10H2,1H3. The van der Waals surface area contributed by atoms with E-state index in [0.717, 1.165) is 12.0 Å². The minimum Gasteiger partial charge on any atom is -0.490 e. The molecule has 0 atom stereocenters. The number of rotatable bonds is 3. The highest BCUT2D eigenvalue weighted by Crippen LogP contribution is 2.33. The number of nitro benzene ring substituents is 1. The Hall–Kier alpha value is -4.80. The molecule has 0 fully saturated rings. The van der Waals surface area contributed by atoms with Gasteiger partial charge in [0.2, 0.25) is 0 Å². The molecule has 0 bridgehead atoms. The third-order valence-electron chi connectivity index (χ3n) is 5.91. The number of benzene rings is 2. The first-order valence-electron chi connectivity index (χ1n) is 10.9. The lowest BCUT2D eigenvalue weighted by molar-refractivity contribution is -0.385. The van der Waals surface area contributed by atoms with Gasteiger partial charge in [0.25, 0.3) is 17.0 Å². The molecule has 4 heterocycles. The molecule has 0 radical (unpaired) electrons. The molecule has 0 N–H and O–H groups in total. The molecule has 174 valence electrons. The second kappa shape index (κ2) is 7.90. The van der Waals surface area contributed by atoms with E-state index in [-0.39, 0.29) is 11.2 Å². The molecular formula is C24H18N6O5. The zero-order chi connectivity index (χ0) is 24.1. The predicted octanol–water partition coefficient (Wildman–Crippen LogP) is 3.47. The van der Waals surface area contributed by atoms with Crippen molar-refractivity contribution < 1.29 is 14.4 Å². The van der Waals surface area contributed by atoms with E-state index in [4.69, 9.17) is 9.47 Å². The van der Waals surface area contributed by atoms with Crippen molar-refractivity contribution in [2.24, 2.45) is 0 Å². The van der Waals surface area contributed by atoms with Gasteiger partial charge in [-0.3, -0.25) is 19.5 Å². The summed E-state index contributed by atoms with van der Waals surface area (Å²) in [5.74, 6) is 2.07. The monoisotopic (exact) mass is 470 g/mol. The van der Waals surface area contributed by atoms with Gasteiger partial charge in [-0.2, -0.15) is 9.50 Å². The van der Waals surface area contributed by atoms with Gasteiger partial charge < -0.3 is 9.47 Å². The summed E-state index contributed by atoms with van der Waals surface area (Å²) >= 11 is 0. The van der Waals surface area contributed by atoms with Crippen LogP contribution >= 0.6 is 0 Å². The van der Waals surface area contributed by atoms with E-state index in [1.807, 2.05) is 18.2 Å². The normalized spacial score (nSPS) is 13.2. The van der Waals surface area contributed by atoms with Crippen LogP contribution in [0, 0.1) is 17.0 Å². The fraction of sp³-hybridized carbons (Fsp3) is 0.167. The number of hydrogen-bond donors (Lipinski definition) is 0. The van der Waals surface area contributed by atoms with Crippen LogP contribution in [0.15, 0.2) is 59.7 Å². The van der Waals surface area contributed by atoms with Crippen LogP contribution in [0.2, 0.25) is 0 Å². The van der Waals surface area contributed by atoms with Crippen LogP contribution < -0.4 is 15.0 Å². The van der Waals surface area contributed by atoms with E-state index in [9.17, 15) is 14.9 Å². The lowest BCUT2D eigenvalue weighted by Crippen LogP contribution is -2.19. The zero-order valence-electron chi connectivity index (χ0n) is 18.5. The number of ether oxygens (including phenoxy) is 2. The molecular weight excluding hydrogens is 452 g/mol. The number of nitrogens with zero attached hydrogens (tertiary/aromatic N) is 6. The van der Waals surface area contributed by atoms with Crippen LogP contribution in [0.4, 0.5) is 5.69 Å². The van der Waals surface area contributed by atoms with Gasteiger partial charge >= 0.3 is 0 Å². The maximum atomic E-state index is 13.3. The summed E-state index contributed by atoms with van der Waals surface area (Å²) in [4.78, 5) is 33.0. The molecule has 0 aliphatic carbocycles. The molecule has 2 aromatic carbocycles. The third-order valence-corrected chi connectivity index (χ3v) is 5.91. The maximum Gasteiger partial charge on any atom is 0.274 e. The van der Waals surface area contributed by atoms with E-state index in [1.165, 1.54) is 21.3 Å². The summed E-state index contributed by atoms with van der Waals surface area (Å²) in [6.07, 6.45) is 3.81. The third kappa shape index (κ3) is 3.44. The first-order valence-corrected chi connectivity index (χ1v) is 10.9. The number of hydrogen-bond acceptors (Lipinski definition) is 8. The molecule has 0 amide bonds. The summed E-state index contributed by atoms with van der Waals surface area (Å²) in [7, 11) is 0. The minimum atomic E-state index is -0.466. The Morgan fingerprint density at radius 2 is 1.89 bits per heavy atom. The molecule has 0 unspecified atom stereocenters. The highest BCUT2D eigenvalue weighted by molar-refractivity contribution is 5.79. The number of aromatic nitrogens is 5. The van der Waals surface area contributed by atoms with Gasteiger partial charge in [-0.1, -0.05) is 6.07 Å². The fourth-order valence-electron chi connectivity index (χ4n) is 4.09. The van der Waals surface area contributed by atoms with Crippen molar-refractivity contribution in [3.05, 3.63) is 80.9 Å². The molecule has 35 heavy (non-hydrogen) atoms. The fourth-order valence-corrected chi connectivity index (χ4v) is 4.09. The number of fused-ring (bicyclic) bond motifs is 4. The van der Waals surface area contributed by atoms with Crippen LogP contribution in [0.5, 0.6) is 11.5 Å². The van der Waals surface area contributed by atoms with Gasteiger partial charge in [-0.05, 0) is 37.3 Å². The molecule has 11 heteroatoms. The van der Waals surface area contributed by atoms with Crippen molar-refractivity contribution in [3.8, 4) is 28.6 Å². The number of pyridine rings is 1. The highest BCUT2D eigenvalue weighted by atomic mass is 16.6. The van der Waals surface area contributed by atoms with Crippen LogP contribution in [0.3, 0.4) is 0 Å². The van der Waals surface area contributed by atoms with Gasteiger partial charge in [-0.15, -0.1) is 5.10 Å². The Bertz CT molecular complexity index is 1710. The lowest BCUT2D eigenvalue weighted by atomic mass is 10.2. The molecule has 6 rings (SSSR count). The van der Waals surface area contributed by atoms with Crippen molar-refractivity contribution in [2.45, 2.75) is 13.3 Å². The average Bonchev–Trinajstić information content (AvgIpc) is 3.16. The molecule has 3 aromatic heterocycles. The van der Waals surface area contributed by atoms with Crippen LogP contribution in [-0.4, -0.2) is 42.3 Å². The topological polar surface area (TPSA) is 127 Å². The van der Waals surface area contributed by atoms with Crippen LogP contribution in [0.1, 0.15) is 12.0 Å². The largest absolute Gasteiger partial charge is 0.490 e. The van der Waals surface area contributed by atoms with E-state index in [1.54, 1.807) is 31.3 Å². The van der Waals surface area contributed by atoms with Gasteiger partial charge in [0, 0.05) is 36.0 Å². The second-order valence-corrected chi connectivity index (χ2v) is 8.14. The Balaban J connectivity index is 1.46.